The molecule has 0 saturated carbocycles. The monoisotopic (exact) mass is 656 g/mol. The number of hydrogen-bond acceptors (Lipinski definition) is 8. The fourth-order valence-corrected chi connectivity index (χ4v) is 6.78. The molecule has 1 fully saturated rings. The molecule has 0 radical (unpaired) electrons. The molecule has 0 aliphatic carbocycles. The van der Waals surface area contributed by atoms with Crippen molar-refractivity contribution in [3.05, 3.63) is 89.7 Å². The quantitative estimate of drug-likeness (QED) is 0.211. The van der Waals surface area contributed by atoms with Crippen molar-refractivity contribution in [1.29, 1.82) is 0 Å². The van der Waals surface area contributed by atoms with Crippen molar-refractivity contribution in [3.8, 4) is 11.5 Å². The van der Waals surface area contributed by atoms with Gasteiger partial charge in [0.15, 0.2) is 0 Å². The first-order valence-corrected chi connectivity index (χ1v) is 15.9. The lowest BCUT2D eigenvalue weighted by atomic mass is 10.0. The zero-order valence-electron chi connectivity index (χ0n) is 25.8. The molecule has 46 heavy (non-hydrogen) atoms. The minimum atomic E-state index is -4.21. The minimum Gasteiger partial charge on any atom is -0.497 e. The van der Waals surface area contributed by atoms with E-state index in [1.54, 1.807) is 29.7 Å². The van der Waals surface area contributed by atoms with E-state index in [2.05, 4.69) is 0 Å². The Labute approximate surface area is 267 Å². The second-order valence-electron chi connectivity index (χ2n) is 10.8. The first kappa shape index (κ1) is 34.3. The smallest absolute Gasteiger partial charge is 0.245 e. The van der Waals surface area contributed by atoms with Gasteiger partial charge in [0.25, 0.3) is 0 Å². The van der Waals surface area contributed by atoms with Crippen LogP contribution in [-0.2, 0) is 37.4 Å². The Morgan fingerprint density at radius 1 is 0.957 bits per heavy atom. The highest BCUT2D eigenvalue weighted by Gasteiger charge is 2.42. The van der Waals surface area contributed by atoms with Crippen LogP contribution >= 0.6 is 0 Å². The summed E-state index contributed by atoms with van der Waals surface area (Å²) >= 11 is 0. The van der Waals surface area contributed by atoms with E-state index in [4.69, 9.17) is 9.47 Å². The zero-order chi connectivity index (χ0) is 33.4. The molecule has 1 saturated heterocycles. The van der Waals surface area contributed by atoms with Crippen molar-refractivity contribution in [1.82, 2.24) is 19.6 Å². The van der Waals surface area contributed by atoms with Crippen molar-refractivity contribution in [2.45, 2.75) is 43.3 Å². The van der Waals surface area contributed by atoms with Gasteiger partial charge in [-0.15, -0.1) is 0 Å². The average Bonchev–Trinajstić information content (AvgIpc) is 3.06. The molecule has 1 unspecified atom stereocenters. The van der Waals surface area contributed by atoms with Crippen molar-refractivity contribution < 1.29 is 41.9 Å². The number of methoxy groups -OCH3 is 2. The number of hydrogen-bond donors (Lipinski definition) is 2. The zero-order valence-corrected chi connectivity index (χ0v) is 26.6. The number of hydroxylamine groups is 1. The molecule has 3 aromatic rings. The van der Waals surface area contributed by atoms with E-state index in [1.807, 2.05) is 0 Å². The van der Waals surface area contributed by atoms with Gasteiger partial charge < -0.3 is 19.3 Å². The van der Waals surface area contributed by atoms with E-state index in [9.17, 15) is 32.4 Å². The highest BCUT2D eigenvalue weighted by Crippen LogP contribution is 2.25. The Bertz CT molecular complexity index is 1620. The number of benzene rings is 3. The molecule has 4 rings (SSSR count). The fraction of sp³-hybridized carbons (Fsp3) is 0.344. The molecule has 1 heterocycles. The largest absolute Gasteiger partial charge is 0.497 e. The van der Waals surface area contributed by atoms with Crippen molar-refractivity contribution in [2.75, 3.05) is 33.9 Å². The summed E-state index contributed by atoms with van der Waals surface area (Å²) in [5, 5.41) is 9.24. The summed E-state index contributed by atoms with van der Waals surface area (Å²) in [6, 6.07) is 16.5. The number of carbonyl (C=O) groups excluding carboxylic acids is 3. The van der Waals surface area contributed by atoms with Crippen LogP contribution in [-0.4, -0.2) is 91.4 Å². The fourth-order valence-electron chi connectivity index (χ4n) is 5.39. The molecule has 14 heteroatoms. The molecule has 3 amide bonds. The third kappa shape index (κ3) is 8.19. The third-order valence-corrected chi connectivity index (χ3v) is 9.71. The minimum absolute atomic E-state index is 0.0553. The van der Waals surface area contributed by atoms with E-state index >= 15 is 0 Å². The van der Waals surface area contributed by atoms with Gasteiger partial charge in [-0.3, -0.25) is 19.6 Å². The lowest BCUT2D eigenvalue weighted by molar-refractivity contribution is -0.157. The summed E-state index contributed by atoms with van der Waals surface area (Å²) in [5.41, 5.74) is 3.01. The lowest BCUT2D eigenvalue weighted by Crippen LogP contribution is -2.64. The first-order valence-electron chi connectivity index (χ1n) is 14.5. The summed E-state index contributed by atoms with van der Waals surface area (Å²) < 4.78 is 52.6. The number of sulfonamides is 1. The molecule has 0 aromatic heterocycles. The molecular formula is C32H37FN4O8S. The highest BCUT2D eigenvalue weighted by atomic mass is 32.2. The molecule has 0 spiro atoms. The second kappa shape index (κ2) is 15.2. The van der Waals surface area contributed by atoms with Crippen LogP contribution in [0, 0.1) is 5.82 Å². The summed E-state index contributed by atoms with van der Waals surface area (Å²) in [4.78, 5) is 42.4. The van der Waals surface area contributed by atoms with Crippen LogP contribution in [0.5, 0.6) is 11.5 Å². The van der Waals surface area contributed by atoms with Crippen molar-refractivity contribution >= 4 is 27.7 Å². The van der Waals surface area contributed by atoms with Gasteiger partial charge in [-0.1, -0.05) is 24.3 Å². The van der Waals surface area contributed by atoms with Crippen molar-refractivity contribution in [3.63, 3.8) is 0 Å². The molecule has 12 nitrogen and oxygen atoms in total. The number of piperazine rings is 1. The molecule has 246 valence electrons. The summed E-state index contributed by atoms with van der Waals surface area (Å²) in [5.74, 6) is -1.25. The van der Waals surface area contributed by atoms with Crippen LogP contribution < -0.4 is 15.0 Å². The summed E-state index contributed by atoms with van der Waals surface area (Å²) in [7, 11) is -1.22. The van der Waals surface area contributed by atoms with E-state index in [1.165, 1.54) is 79.5 Å². The standard InChI is InChI=1S/C32H37FN4O8S/c1-22-32(40)35(19-24-4-8-25(33)9-5-24)20-26(18-30(38)34-41)37(22)31(39)21-36(17-16-23-6-10-27(44-2)11-7-23)46(42,43)29-14-12-28(45-3)13-15-29/h4-15,22,26,41H,16-21H2,1-3H3,(H,34,38)/t22-,26?/m0/s1. The van der Waals surface area contributed by atoms with Gasteiger partial charge in [-0.25, -0.2) is 18.3 Å². The molecular weight excluding hydrogens is 619 g/mol. The molecule has 1 aliphatic rings. The van der Waals surface area contributed by atoms with E-state index in [0.717, 1.165) is 9.87 Å². The maximum absolute atomic E-state index is 14.0. The Hall–Kier alpha value is -4.53. The number of ether oxygens (including phenoxy) is 2. The maximum Gasteiger partial charge on any atom is 0.245 e. The number of amides is 3. The number of nitrogens with one attached hydrogen (secondary N) is 1. The first-order chi connectivity index (χ1) is 22.0. The number of halogens is 1. The Kier molecular flexibility index (Phi) is 11.3. The van der Waals surface area contributed by atoms with Crippen LogP contribution in [0.1, 0.15) is 24.5 Å². The normalized spacial score (nSPS) is 16.8. The van der Waals surface area contributed by atoms with Gasteiger partial charge in [0.05, 0.1) is 38.1 Å². The van der Waals surface area contributed by atoms with Crippen LogP contribution in [0.4, 0.5) is 4.39 Å². The summed E-state index contributed by atoms with van der Waals surface area (Å²) in [6.07, 6.45) is -0.0835. The number of rotatable bonds is 13. The van der Waals surface area contributed by atoms with Gasteiger partial charge in [0, 0.05) is 19.6 Å². The Morgan fingerprint density at radius 3 is 2.09 bits per heavy atom. The molecule has 1 aliphatic heterocycles. The van der Waals surface area contributed by atoms with Crippen LogP contribution in [0.25, 0.3) is 0 Å². The molecule has 0 bridgehead atoms. The van der Waals surface area contributed by atoms with Gasteiger partial charge in [-0.05, 0) is 73.0 Å². The van der Waals surface area contributed by atoms with Crippen LogP contribution in [0.15, 0.2) is 77.7 Å². The van der Waals surface area contributed by atoms with Crippen molar-refractivity contribution in [2.24, 2.45) is 0 Å². The predicted octanol–water partition coefficient (Wildman–Crippen LogP) is 2.60. The summed E-state index contributed by atoms with van der Waals surface area (Å²) in [6.45, 7) is 0.846. The van der Waals surface area contributed by atoms with Gasteiger partial charge in [-0.2, -0.15) is 4.31 Å². The Morgan fingerprint density at radius 2 is 1.52 bits per heavy atom. The molecule has 2 atom stereocenters. The number of carbonyl (C=O) groups is 3. The van der Waals surface area contributed by atoms with E-state index < -0.39 is 52.2 Å². The van der Waals surface area contributed by atoms with Crippen LogP contribution in [0.3, 0.4) is 0 Å². The Balaban J connectivity index is 1.62. The SMILES string of the molecule is COc1ccc(CCN(CC(=O)N2C(CC(=O)NO)CN(Cc3ccc(F)cc3)C(=O)[C@@H]2C)S(=O)(=O)c2ccc(OC)cc2)cc1. The third-order valence-electron chi connectivity index (χ3n) is 7.85. The predicted molar refractivity (Wildman–Crippen MR) is 165 cm³/mol. The van der Waals surface area contributed by atoms with Crippen LogP contribution in [0.2, 0.25) is 0 Å². The number of nitrogens with zero attached hydrogens (tertiary/aromatic N) is 3. The van der Waals surface area contributed by atoms with E-state index in [0.29, 0.717) is 17.1 Å². The second-order valence-corrected chi connectivity index (χ2v) is 12.8. The van der Waals surface area contributed by atoms with Gasteiger partial charge in [0.2, 0.25) is 27.7 Å². The maximum atomic E-state index is 14.0. The lowest BCUT2D eigenvalue weighted by Gasteiger charge is -2.45. The molecule has 2 N–H and O–H groups in total. The van der Waals surface area contributed by atoms with Gasteiger partial charge >= 0.3 is 0 Å². The average molecular weight is 657 g/mol. The van der Waals surface area contributed by atoms with Gasteiger partial charge in [0.1, 0.15) is 23.4 Å². The topological polar surface area (TPSA) is 146 Å². The van der Waals surface area contributed by atoms with E-state index in [-0.39, 0.29) is 37.4 Å². The molecule has 3 aromatic carbocycles. The highest BCUT2D eigenvalue weighted by molar-refractivity contribution is 7.89.